The predicted octanol–water partition coefficient (Wildman–Crippen LogP) is 1.87. The van der Waals surface area contributed by atoms with Gasteiger partial charge in [0.05, 0.1) is 17.3 Å². The van der Waals surface area contributed by atoms with Crippen LogP contribution in [0.5, 0.6) is 0 Å². The van der Waals surface area contributed by atoms with Crippen molar-refractivity contribution in [3.8, 4) is 0 Å². The van der Waals surface area contributed by atoms with Crippen molar-refractivity contribution in [3.63, 3.8) is 0 Å². The zero-order valence-electron chi connectivity index (χ0n) is 9.71. The molecule has 86 valence electrons. The minimum atomic E-state index is 0.154. The SMILES string of the molecule is CCCc1nc(C)c(CNC(C)CO)s1. The van der Waals surface area contributed by atoms with Crippen LogP contribution in [0.2, 0.25) is 0 Å². The van der Waals surface area contributed by atoms with Crippen LogP contribution in [0.25, 0.3) is 0 Å². The van der Waals surface area contributed by atoms with Gasteiger partial charge in [0.15, 0.2) is 0 Å². The Balaban J connectivity index is 2.53. The minimum Gasteiger partial charge on any atom is -0.395 e. The van der Waals surface area contributed by atoms with Crippen LogP contribution < -0.4 is 5.32 Å². The van der Waals surface area contributed by atoms with Crippen LogP contribution >= 0.6 is 11.3 Å². The summed E-state index contributed by atoms with van der Waals surface area (Å²) in [5.41, 5.74) is 1.13. The van der Waals surface area contributed by atoms with Crippen molar-refractivity contribution >= 4 is 11.3 Å². The number of aliphatic hydroxyl groups is 1. The number of rotatable bonds is 6. The van der Waals surface area contributed by atoms with Gasteiger partial charge in [-0.05, 0) is 26.7 Å². The van der Waals surface area contributed by atoms with Crippen molar-refractivity contribution in [2.45, 2.75) is 46.2 Å². The summed E-state index contributed by atoms with van der Waals surface area (Å²) in [6, 6.07) is 0.154. The number of nitrogens with zero attached hydrogens (tertiary/aromatic N) is 1. The van der Waals surface area contributed by atoms with E-state index < -0.39 is 0 Å². The zero-order chi connectivity index (χ0) is 11.3. The van der Waals surface area contributed by atoms with Gasteiger partial charge in [0.1, 0.15) is 0 Å². The van der Waals surface area contributed by atoms with Crippen molar-refractivity contribution in [2.24, 2.45) is 0 Å². The largest absolute Gasteiger partial charge is 0.395 e. The molecule has 0 amide bonds. The first-order chi connectivity index (χ1) is 7.17. The average molecular weight is 228 g/mol. The van der Waals surface area contributed by atoms with Crippen molar-refractivity contribution in [1.29, 1.82) is 0 Å². The van der Waals surface area contributed by atoms with Gasteiger partial charge in [-0.2, -0.15) is 0 Å². The molecule has 0 radical (unpaired) electrons. The second kappa shape index (κ2) is 6.20. The van der Waals surface area contributed by atoms with E-state index in [1.165, 1.54) is 9.88 Å². The van der Waals surface area contributed by atoms with Crippen molar-refractivity contribution in [1.82, 2.24) is 10.3 Å². The summed E-state index contributed by atoms with van der Waals surface area (Å²) in [6.07, 6.45) is 2.22. The highest BCUT2D eigenvalue weighted by molar-refractivity contribution is 7.11. The third kappa shape index (κ3) is 3.89. The Bertz CT molecular complexity index is 299. The Hall–Kier alpha value is -0.450. The topological polar surface area (TPSA) is 45.2 Å². The summed E-state index contributed by atoms with van der Waals surface area (Å²) in [5, 5.41) is 13.4. The van der Waals surface area contributed by atoms with Crippen LogP contribution in [0.4, 0.5) is 0 Å². The maximum atomic E-state index is 8.90. The van der Waals surface area contributed by atoms with Crippen LogP contribution in [0.15, 0.2) is 0 Å². The number of hydrogen-bond acceptors (Lipinski definition) is 4. The van der Waals surface area contributed by atoms with Crippen molar-refractivity contribution < 1.29 is 5.11 Å². The predicted molar refractivity (Wildman–Crippen MR) is 64.2 cm³/mol. The van der Waals surface area contributed by atoms with Gasteiger partial charge in [-0.1, -0.05) is 6.92 Å². The van der Waals surface area contributed by atoms with Gasteiger partial charge in [0.2, 0.25) is 0 Å². The highest BCUT2D eigenvalue weighted by Crippen LogP contribution is 2.19. The number of aliphatic hydroxyl groups excluding tert-OH is 1. The van der Waals surface area contributed by atoms with E-state index in [0.29, 0.717) is 0 Å². The lowest BCUT2D eigenvalue weighted by molar-refractivity contribution is 0.251. The van der Waals surface area contributed by atoms with E-state index in [1.54, 1.807) is 11.3 Å². The second-order valence-corrected chi connectivity index (χ2v) is 5.00. The number of nitrogens with one attached hydrogen (secondary N) is 1. The van der Waals surface area contributed by atoms with Crippen molar-refractivity contribution in [3.05, 3.63) is 15.6 Å². The molecule has 3 nitrogen and oxygen atoms in total. The summed E-state index contributed by atoms with van der Waals surface area (Å²) in [7, 11) is 0. The van der Waals surface area contributed by atoms with Gasteiger partial charge in [0.25, 0.3) is 0 Å². The van der Waals surface area contributed by atoms with E-state index in [1.807, 2.05) is 6.92 Å². The molecule has 0 saturated carbocycles. The summed E-state index contributed by atoms with van der Waals surface area (Å²) in [6.45, 7) is 7.19. The molecule has 0 aliphatic carbocycles. The second-order valence-electron chi connectivity index (χ2n) is 3.83. The summed E-state index contributed by atoms with van der Waals surface area (Å²) in [5.74, 6) is 0. The molecule has 0 aliphatic rings. The third-order valence-corrected chi connectivity index (χ3v) is 3.50. The first-order valence-corrected chi connectivity index (χ1v) is 6.28. The molecule has 1 aromatic rings. The van der Waals surface area contributed by atoms with Gasteiger partial charge in [0, 0.05) is 17.5 Å². The number of hydrogen-bond donors (Lipinski definition) is 2. The lowest BCUT2D eigenvalue weighted by Crippen LogP contribution is -2.28. The fourth-order valence-corrected chi connectivity index (χ4v) is 2.43. The van der Waals surface area contributed by atoms with E-state index in [0.717, 1.165) is 25.1 Å². The van der Waals surface area contributed by atoms with Crippen LogP contribution in [-0.4, -0.2) is 22.7 Å². The minimum absolute atomic E-state index is 0.154. The smallest absolute Gasteiger partial charge is 0.0931 e. The lowest BCUT2D eigenvalue weighted by atomic mass is 10.3. The summed E-state index contributed by atoms with van der Waals surface area (Å²) >= 11 is 1.78. The number of aromatic nitrogens is 1. The summed E-state index contributed by atoms with van der Waals surface area (Å²) in [4.78, 5) is 5.81. The molecule has 2 N–H and O–H groups in total. The normalized spacial score (nSPS) is 13.1. The van der Waals surface area contributed by atoms with E-state index in [2.05, 4.69) is 24.1 Å². The van der Waals surface area contributed by atoms with Crippen LogP contribution in [-0.2, 0) is 13.0 Å². The Labute approximate surface area is 95.6 Å². The molecule has 0 bridgehead atoms. The first kappa shape index (κ1) is 12.6. The van der Waals surface area contributed by atoms with Crippen LogP contribution in [0, 0.1) is 6.92 Å². The molecule has 1 heterocycles. The van der Waals surface area contributed by atoms with Gasteiger partial charge in [-0.3, -0.25) is 0 Å². The summed E-state index contributed by atoms with van der Waals surface area (Å²) < 4.78 is 0. The fourth-order valence-electron chi connectivity index (χ4n) is 1.30. The fraction of sp³-hybridized carbons (Fsp3) is 0.727. The molecule has 0 fully saturated rings. The lowest BCUT2D eigenvalue weighted by Gasteiger charge is -2.08. The maximum Gasteiger partial charge on any atom is 0.0931 e. The molecule has 1 atom stereocenters. The van der Waals surface area contributed by atoms with E-state index in [9.17, 15) is 0 Å². The Morgan fingerprint density at radius 3 is 2.87 bits per heavy atom. The molecule has 0 aliphatic heterocycles. The highest BCUT2D eigenvalue weighted by atomic mass is 32.1. The first-order valence-electron chi connectivity index (χ1n) is 5.46. The molecule has 15 heavy (non-hydrogen) atoms. The highest BCUT2D eigenvalue weighted by Gasteiger charge is 2.07. The molecular formula is C11H20N2OS. The standard InChI is InChI=1S/C11H20N2OS/c1-4-5-11-13-9(3)10(15-11)6-12-8(2)7-14/h8,12,14H,4-7H2,1-3H3. The Morgan fingerprint density at radius 2 is 2.27 bits per heavy atom. The van der Waals surface area contributed by atoms with E-state index in [-0.39, 0.29) is 12.6 Å². The van der Waals surface area contributed by atoms with Gasteiger partial charge < -0.3 is 10.4 Å². The van der Waals surface area contributed by atoms with Crippen LogP contribution in [0.1, 0.15) is 35.8 Å². The van der Waals surface area contributed by atoms with E-state index >= 15 is 0 Å². The molecule has 1 unspecified atom stereocenters. The van der Waals surface area contributed by atoms with Crippen molar-refractivity contribution in [2.75, 3.05) is 6.61 Å². The number of aryl methyl sites for hydroxylation is 2. The maximum absolute atomic E-state index is 8.90. The Kier molecular flexibility index (Phi) is 5.22. The quantitative estimate of drug-likeness (QED) is 0.781. The van der Waals surface area contributed by atoms with Gasteiger partial charge in [-0.25, -0.2) is 4.98 Å². The molecule has 0 aromatic carbocycles. The number of thiazole rings is 1. The molecule has 1 rings (SSSR count). The average Bonchev–Trinajstić information content (AvgIpc) is 2.56. The Morgan fingerprint density at radius 1 is 1.53 bits per heavy atom. The molecule has 1 aromatic heterocycles. The molecule has 0 spiro atoms. The zero-order valence-corrected chi connectivity index (χ0v) is 10.5. The van der Waals surface area contributed by atoms with Gasteiger partial charge >= 0.3 is 0 Å². The van der Waals surface area contributed by atoms with Gasteiger partial charge in [-0.15, -0.1) is 11.3 Å². The molecular weight excluding hydrogens is 208 g/mol. The van der Waals surface area contributed by atoms with Crippen LogP contribution in [0.3, 0.4) is 0 Å². The molecule has 0 saturated heterocycles. The molecule has 4 heteroatoms. The van der Waals surface area contributed by atoms with E-state index in [4.69, 9.17) is 5.11 Å². The monoisotopic (exact) mass is 228 g/mol. The third-order valence-electron chi connectivity index (χ3n) is 2.29.